The number of hydrogen-bond acceptors (Lipinski definition) is 5. The van der Waals surface area contributed by atoms with E-state index in [9.17, 15) is 4.79 Å². The average Bonchev–Trinajstić information content (AvgIpc) is 3.23. The summed E-state index contributed by atoms with van der Waals surface area (Å²) in [5, 5.41) is 0. The Morgan fingerprint density at radius 1 is 1.21 bits per heavy atom. The minimum absolute atomic E-state index is 0.402. The summed E-state index contributed by atoms with van der Waals surface area (Å²) in [7, 11) is 1.62. The number of benzene rings is 2. The van der Waals surface area contributed by atoms with Gasteiger partial charge in [0.1, 0.15) is 22.8 Å². The molecule has 5 nitrogen and oxygen atoms in total. The molecule has 0 atom stereocenters. The van der Waals surface area contributed by atoms with Gasteiger partial charge in [-0.2, -0.15) is 0 Å². The first-order valence-electron chi connectivity index (χ1n) is 9.81. The summed E-state index contributed by atoms with van der Waals surface area (Å²) in [6.45, 7) is 5.33. The van der Waals surface area contributed by atoms with Crippen LogP contribution in [0.25, 0.3) is 0 Å². The van der Waals surface area contributed by atoms with Crippen LogP contribution in [0.2, 0.25) is 0 Å². The van der Waals surface area contributed by atoms with E-state index in [1.54, 1.807) is 19.2 Å². The Morgan fingerprint density at radius 3 is 2.64 bits per heavy atom. The smallest absolute Gasteiger partial charge is 0.347 e. The second-order valence-electron chi connectivity index (χ2n) is 6.79. The number of para-hydroxylation sites is 1. The van der Waals surface area contributed by atoms with Crippen LogP contribution in [0.3, 0.4) is 0 Å². The molecular weight excluding hydrogens is 354 g/mol. The highest BCUT2D eigenvalue weighted by Gasteiger charge is 2.26. The molecule has 0 N–H and O–H groups in total. The number of hydrogen-bond donors (Lipinski definition) is 0. The van der Waals surface area contributed by atoms with E-state index >= 15 is 0 Å². The van der Waals surface area contributed by atoms with Gasteiger partial charge in [-0.3, -0.25) is 4.99 Å². The molecule has 0 amide bonds. The summed E-state index contributed by atoms with van der Waals surface area (Å²) < 4.78 is 17.3. The van der Waals surface area contributed by atoms with E-state index in [1.807, 2.05) is 31.2 Å². The van der Waals surface area contributed by atoms with Crippen molar-refractivity contribution in [2.24, 2.45) is 4.99 Å². The lowest BCUT2D eigenvalue weighted by molar-refractivity contribution is 0.0729. The van der Waals surface area contributed by atoms with Crippen molar-refractivity contribution >= 4 is 11.7 Å². The molecule has 0 fully saturated rings. The summed E-state index contributed by atoms with van der Waals surface area (Å²) in [4.78, 5) is 17.6. The molecule has 1 aliphatic rings. The van der Waals surface area contributed by atoms with E-state index in [1.165, 1.54) is 0 Å². The van der Waals surface area contributed by atoms with Gasteiger partial charge in [0.15, 0.2) is 0 Å². The number of ether oxygens (including phenoxy) is 3. The van der Waals surface area contributed by atoms with Gasteiger partial charge in [0, 0.05) is 23.4 Å². The molecule has 0 radical (unpaired) electrons. The third-order valence-electron chi connectivity index (χ3n) is 4.78. The Balaban J connectivity index is 2.03. The van der Waals surface area contributed by atoms with Gasteiger partial charge in [-0.1, -0.05) is 31.5 Å². The Kier molecular flexibility index (Phi) is 6.69. The summed E-state index contributed by atoms with van der Waals surface area (Å²) in [6.07, 6.45) is 3.85. The van der Waals surface area contributed by atoms with Gasteiger partial charge >= 0.3 is 5.97 Å². The highest BCUT2D eigenvalue weighted by atomic mass is 16.5. The van der Waals surface area contributed by atoms with Gasteiger partial charge in [-0.25, -0.2) is 4.79 Å². The van der Waals surface area contributed by atoms with Crippen LogP contribution in [0, 0.1) is 6.92 Å². The zero-order valence-electron chi connectivity index (χ0n) is 16.8. The Morgan fingerprint density at radius 2 is 2.00 bits per heavy atom. The van der Waals surface area contributed by atoms with E-state index < -0.39 is 5.97 Å². The van der Waals surface area contributed by atoms with E-state index in [0.29, 0.717) is 35.0 Å². The summed E-state index contributed by atoms with van der Waals surface area (Å²) in [5.41, 5.74) is 3.02. The number of esters is 1. The topological polar surface area (TPSA) is 57.1 Å². The first-order valence-corrected chi connectivity index (χ1v) is 9.81. The van der Waals surface area contributed by atoms with Crippen LogP contribution in [-0.4, -0.2) is 31.9 Å². The maximum Gasteiger partial charge on any atom is 0.347 e. The molecule has 0 bridgehead atoms. The molecule has 148 valence electrons. The minimum Gasteiger partial charge on any atom is -0.496 e. The Hall–Kier alpha value is -2.82. The summed E-state index contributed by atoms with van der Waals surface area (Å²) in [5.74, 6) is 1.23. The van der Waals surface area contributed by atoms with Crippen molar-refractivity contribution in [1.82, 2.24) is 0 Å². The summed E-state index contributed by atoms with van der Waals surface area (Å²) in [6, 6.07) is 10.9. The number of rotatable bonds is 8. The van der Waals surface area contributed by atoms with Gasteiger partial charge in [0.2, 0.25) is 0 Å². The van der Waals surface area contributed by atoms with E-state index in [0.717, 1.165) is 43.5 Å². The van der Waals surface area contributed by atoms with Gasteiger partial charge in [-0.05, 0) is 44.4 Å². The number of aliphatic imine (C=N–C) groups is 1. The predicted octanol–water partition coefficient (Wildman–Crippen LogP) is 4.98. The van der Waals surface area contributed by atoms with Crippen molar-refractivity contribution in [3.05, 3.63) is 53.1 Å². The molecule has 1 heterocycles. The molecule has 3 rings (SSSR count). The number of unbranched alkanes of at least 4 members (excludes halogenated alkanes) is 1. The van der Waals surface area contributed by atoms with Crippen LogP contribution in [0.15, 0.2) is 41.4 Å². The zero-order valence-corrected chi connectivity index (χ0v) is 16.8. The molecule has 1 aliphatic heterocycles. The first kappa shape index (κ1) is 19.9. The van der Waals surface area contributed by atoms with E-state index in [4.69, 9.17) is 14.2 Å². The SMILES string of the molecule is CCCCOc1cc(C2=NCCC2)c(OC)c(C)c1C(=O)Oc1ccccc1. The molecule has 2 aromatic carbocycles. The van der Waals surface area contributed by atoms with Crippen LogP contribution in [-0.2, 0) is 0 Å². The van der Waals surface area contributed by atoms with E-state index in [-0.39, 0.29) is 0 Å². The van der Waals surface area contributed by atoms with Gasteiger partial charge < -0.3 is 14.2 Å². The average molecular weight is 381 g/mol. The monoisotopic (exact) mass is 381 g/mol. The number of methoxy groups -OCH3 is 1. The molecule has 0 aromatic heterocycles. The molecule has 5 heteroatoms. The maximum absolute atomic E-state index is 13.0. The predicted molar refractivity (Wildman–Crippen MR) is 110 cm³/mol. The van der Waals surface area contributed by atoms with Crippen molar-refractivity contribution in [3.63, 3.8) is 0 Å². The Bertz CT molecular complexity index is 859. The molecule has 0 saturated heterocycles. The number of carbonyl (C=O) groups excluding carboxylic acids is 1. The zero-order chi connectivity index (χ0) is 19.9. The van der Waals surface area contributed by atoms with E-state index in [2.05, 4.69) is 11.9 Å². The van der Waals surface area contributed by atoms with Crippen LogP contribution in [0.4, 0.5) is 0 Å². The fraction of sp³-hybridized carbons (Fsp3) is 0.391. The molecule has 28 heavy (non-hydrogen) atoms. The highest BCUT2D eigenvalue weighted by Crippen LogP contribution is 2.36. The lowest BCUT2D eigenvalue weighted by atomic mass is 9.97. The van der Waals surface area contributed by atoms with Crippen molar-refractivity contribution in [2.45, 2.75) is 39.5 Å². The highest BCUT2D eigenvalue weighted by molar-refractivity contribution is 6.07. The standard InChI is InChI=1S/C23H27NO4/c1-4-5-14-27-20-15-18(19-12-9-13-24-19)22(26-3)16(2)21(20)23(25)28-17-10-7-6-8-11-17/h6-8,10-11,15H,4-5,9,12-14H2,1-3H3. The first-order chi connectivity index (χ1) is 13.7. The second kappa shape index (κ2) is 9.40. The number of carbonyl (C=O) groups is 1. The van der Waals surface area contributed by atoms with Crippen LogP contribution >= 0.6 is 0 Å². The minimum atomic E-state index is -0.451. The quantitative estimate of drug-likeness (QED) is 0.367. The summed E-state index contributed by atoms with van der Waals surface area (Å²) >= 11 is 0. The van der Waals surface area contributed by atoms with Crippen molar-refractivity contribution in [3.8, 4) is 17.2 Å². The van der Waals surface area contributed by atoms with Crippen LogP contribution in [0.1, 0.15) is 54.1 Å². The third-order valence-corrected chi connectivity index (χ3v) is 4.78. The second-order valence-corrected chi connectivity index (χ2v) is 6.79. The van der Waals surface area contributed by atoms with Crippen molar-refractivity contribution in [1.29, 1.82) is 0 Å². The van der Waals surface area contributed by atoms with Crippen LogP contribution in [0.5, 0.6) is 17.2 Å². The fourth-order valence-corrected chi connectivity index (χ4v) is 3.35. The normalized spacial score (nSPS) is 13.2. The number of nitrogens with zero attached hydrogens (tertiary/aromatic N) is 1. The van der Waals surface area contributed by atoms with Gasteiger partial charge in [0.05, 0.1) is 13.7 Å². The molecule has 0 unspecified atom stereocenters. The molecule has 0 spiro atoms. The molecule has 0 aliphatic carbocycles. The van der Waals surface area contributed by atoms with Crippen LogP contribution < -0.4 is 14.2 Å². The fourth-order valence-electron chi connectivity index (χ4n) is 3.35. The van der Waals surface area contributed by atoms with Crippen molar-refractivity contribution in [2.75, 3.05) is 20.3 Å². The largest absolute Gasteiger partial charge is 0.496 e. The van der Waals surface area contributed by atoms with Gasteiger partial charge in [0.25, 0.3) is 0 Å². The molecule has 2 aromatic rings. The lowest BCUT2D eigenvalue weighted by Crippen LogP contribution is -2.16. The van der Waals surface area contributed by atoms with Gasteiger partial charge in [-0.15, -0.1) is 0 Å². The van der Waals surface area contributed by atoms with Crippen molar-refractivity contribution < 1.29 is 19.0 Å². The molecular formula is C23H27NO4. The Labute approximate surface area is 166 Å². The third kappa shape index (κ3) is 4.35. The molecule has 0 saturated carbocycles. The maximum atomic E-state index is 13.0. The lowest BCUT2D eigenvalue weighted by Gasteiger charge is -2.19.